The Morgan fingerprint density at radius 3 is 1.06 bits per heavy atom. The van der Waals surface area contributed by atoms with Crippen molar-refractivity contribution in [3.8, 4) is 33.4 Å². The van der Waals surface area contributed by atoms with Gasteiger partial charge in [0.15, 0.2) is 0 Å². The summed E-state index contributed by atoms with van der Waals surface area (Å²) in [6.07, 6.45) is 0. The van der Waals surface area contributed by atoms with Crippen molar-refractivity contribution in [3.63, 3.8) is 0 Å². The van der Waals surface area contributed by atoms with Crippen molar-refractivity contribution in [2.45, 2.75) is 27.7 Å². The predicted molar refractivity (Wildman–Crippen MR) is 157 cm³/mol. The second-order valence-electron chi connectivity index (χ2n) is 9.95. The van der Waals surface area contributed by atoms with Gasteiger partial charge in [0.1, 0.15) is 0 Å². The molecule has 0 N–H and O–H groups in total. The minimum atomic E-state index is 1.27. The third-order valence-electron chi connectivity index (χ3n) is 7.61. The summed E-state index contributed by atoms with van der Waals surface area (Å²) in [5, 5.41) is 5.12. The minimum absolute atomic E-state index is 1.27. The molecule has 0 spiro atoms. The maximum absolute atomic E-state index is 2.34. The molecule has 0 aliphatic carbocycles. The van der Waals surface area contributed by atoms with E-state index in [1.165, 1.54) is 77.2 Å². The summed E-state index contributed by atoms with van der Waals surface area (Å²) >= 11 is 0. The Kier molecular flexibility index (Phi) is 5.46. The van der Waals surface area contributed by atoms with Gasteiger partial charge >= 0.3 is 0 Å². The molecule has 0 aromatic heterocycles. The van der Waals surface area contributed by atoms with E-state index in [2.05, 4.69) is 137 Å². The molecule has 174 valence electrons. The second kappa shape index (κ2) is 8.81. The van der Waals surface area contributed by atoms with Crippen molar-refractivity contribution in [3.05, 3.63) is 131 Å². The zero-order chi connectivity index (χ0) is 24.8. The third-order valence-corrected chi connectivity index (χ3v) is 7.61. The molecule has 36 heavy (non-hydrogen) atoms. The lowest BCUT2D eigenvalue weighted by atomic mass is 9.80. The standard InChI is InChI=1S/C36H30/c1-23-11-9-12-24(2)33(23)31-21-19-27-15-5-7-17-29(27)35(31)36-30-18-8-6-16-28(30)20-22-32(36)34-25(3)13-10-14-26(34)4/h5-22H,1-4H3. The van der Waals surface area contributed by atoms with E-state index < -0.39 is 0 Å². The van der Waals surface area contributed by atoms with Crippen molar-refractivity contribution in [1.29, 1.82) is 0 Å². The molecule has 0 bridgehead atoms. The number of benzene rings is 6. The number of hydrogen-bond acceptors (Lipinski definition) is 0. The maximum atomic E-state index is 2.34. The van der Waals surface area contributed by atoms with Gasteiger partial charge in [-0.3, -0.25) is 0 Å². The van der Waals surface area contributed by atoms with Crippen molar-refractivity contribution in [1.82, 2.24) is 0 Å². The van der Waals surface area contributed by atoms with Gasteiger partial charge in [-0.2, -0.15) is 0 Å². The highest BCUT2D eigenvalue weighted by Crippen LogP contribution is 2.47. The third kappa shape index (κ3) is 3.53. The highest BCUT2D eigenvalue weighted by molar-refractivity contribution is 6.15. The van der Waals surface area contributed by atoms with E-state index in [1.807, 2.05) is 0 Å². The van der Waals surface area contributed by atoms with Gasteiger partial charge < -0.3 is 0 Å². The van der Waals surface area contributed by atoms with Gasteiger partial charge in [0.25, 0.3) is 0 Å². The molecule has 6 rings (SSSR count). The van der Waals surface area contributed by atoms with E-state index in [4.69, 9.17) is 0 Å². The van der Waals surface area contributed by atoms with Crippen LogP contribution in [0, 0.1) is 27.7 Å². The van der Waals surface area contributed by atoms with Crippen LogP contribution in [0.2, 0.25) is 0 Å². The Morgan fingerprint density at radius 2 is 0.667 bits per heavy atom. The molecule has 0 nitrogen and oxygen atoms in total. The molecule has 0 radical (unpaired) electrons. The quantitative estimate of drug-likeness (QED) is 0.245. The van der Waals surface area contributed by atoms with Crippen LogP contribution in [-0.4, -0.2) is 0 Å². The van der Waals surface area contributed by atoms with Crippen LogP contribution in [0.3, 0.4) is 0 Å². The monoisotopic (exact) mass is 462 g/mol. The smallest absolute Gasteiger partial charge is 0.00141 e. The molecule has 0 unspecified atom stereocenters. The lowest BCUT2D eigenvalue weighted by Crippen LogP contribution is -1.97. The predicted octanol–water partition coefficient (Wildman–Crippen LogP) is 10.2. The first-order valence-corrected chi connectivity index (χ1v) is 12.7. The molecular weight excluding hydrogens is 432 g/mol. The van der Waals surface area contributed by atoms with Crippen molar-refractivity contribution in [2.75, 3.05) is 0 Å². The zero-order valence-corrected chi connectivity index (χ0v) is 21.4. The van der Waals surface area contributed by atoms with E-state index in [9.17, 15) is 0 Å². The molecule has 0 heteroatoms. The van der Waals surface area contributed by atoms with Crippen LogP contribution in [0.5, 0.6) is 0 Å². The Bertz CT molecular complexity index is 1590. The molecule has 0 amide bonds. The van der Waals surface area contributed by atoms with Crippen LogP contribution >= 0.6 is 0 Å². The number of rotatable bonds is 3. The average molecular weight is 463 g/mol. The van der Waals surface area contributed by atoms with Crippen LogP contribution in [0.4, 0.5) is 0 Å². The highest BCUT2D eigenvalue weighted by Gasteiger charge is 2.21. The van der Waals surface area contributed by atoms with Crippen molar-refractivity contribution in [2.24, 2.45) is 0 Å². The maximum Gasteiger partial charge on any atom is -0.00141 e. The molecule has 0 saturated heterocycles. The molecule has 0 aliphatic rings. The Balaban J connectivity index is 1.86. The fraction of sp³-hybridized carbons (Fsp3) is 0.111. The van der Waals surface area contributed by atoms with Crippen LogP contribution < -0.4 is 0 Å². The molecule has 6 aromatic rings. The number of aryl methyl sites for hydroxylation is 4. The number of fused-ring (bicyclic) bond motifs is 2. The van der Waals surface area contributed by atoms with Gasteiger partial charge in [0, 0.05) is 0 Å². The molecular formula is C36H30. The van der Waals surface area contributed by atoms with Gasteiger partial charge in [-0.25, -0.2) is 0 Å². The molecule has 0 aliphatic heterocycles. The van der Waals surface area contributed by atoms with Gasteiger partial charge in [0.2, 0.25) is 0 Å². The minimum Gasteiger partial charge on any atom is -0.0617 e. The zero-order valence-electron chi connectivity index (χ0n) is 21.4. The SMILES string of the molecule is Cc1cccc(C)c1-c1ccc2ccccc2c1-c1c(-c2c(C)cccc2C)ccc2ccccc12. The Labute approximate surface area is 213 Å². The van der Waals surface area contributed by atoms with Gasteiger partial charge in [-0.1, -0.05) is 109 Å². The van der Waals surface area contributed by atoms with E-state index in [1.54, 1.807) is 0 Å². The van der Waals surface area contributed by atoms with Crippen molar-refractivity contribution < 1.29 is 0 Å². The topological polar surface area (TPSA) is 0 Å². The Hall–Kier alpha value is -4.16. The molecule has 0 fully saturated rings. The molecule has 6 aromatic carbocycles. The lowest BCUT2D eigenvalue weighted by Gasteiger charge is -2.23. The molecule has 0 heterocycles. The lowest BCUT2D eigenvalue weighted by molar-refractivity contribution is 1.37. The largest absolute Gasteiger partial charge is 0.0617 e. The highest BCUT2D eigenvalue weighted by atomic mass is 14.2. The summed E-state index contributed by atoms with van der Waals surface area (Å²) in [4.78, 5) is 0. The van der Waals surface area contributed by atoms with E-state index >= 15 is 0 Å². The molecule has 0 saturated carbocycles. The van der Waals surface area contributed by atoms with Crippen LogP contribution in [0.1, 0.15) is 22.3 Å². The number of hydrogen-bond donors (Lipinski definition) is 0. The van der Waals surface area contributed by atoms with Crippen molar-refractivity contribution >= 4 is 21.5 Å². The Morgan fingerprint density at radius 1 is 0.306 bits per heavy atom. The normalized spacial score (nSPS) is 11.3. The first kappa shape index (κ1) is 22.3. The van der Waals surface area contributed by atoms with E-state index in [0.717, 1.165) is 0 Å². The van der Waals surface area contributed by atoms with Crippen LogP contribution in [-0.2, 0) is 0 Å². The summed E-state index contributed by atoms with van der Waals surface area (Å²) < 4.78 is 0. The fourth-order valence-electron chi connectivity index (χ4n) is 5.98. The summed E-state index contributed by atoms with van der Waals surface area (Å²) in [6, 6.07) is 40.2. The van der Waals surface area contributed by atoms with Gasteiger partial charge in [-0.05, 0) is 105 Å². The first-order chi connectivity index (χ1) is 17.5. The summed E-state index contributed by atoms with van der Waals surface area (Å²) in [7, 11) is 0. The average Bonchev–Trinajstić information content (AvgIpc) is 2.88. The van der Waals surface area contributed by atoms with Crippen LogP contribution in [0.25, 0.3) is 54.9 Å². The van der Waals surface area contributed by atoms with Gasteiger partial charge in [-0.15, -0.1) is 0 Å². The first-order valence-electron chi connectivity index (χ1n) is 12.7. The summed E-state index contributed by atoms with van der Waals surface area (Å²) in [5.41, 5.74) is 13.1. The summed E-state index contributed by atoms with van der Waals surface area (Å²) in [6.45, 7) is 8.93. The summed E-state index contributed by atoms with van der Waals surface area (Å²) in [5.74, 6) is 0. The van der Waals surface area contributed by atoms with Crippen LogP contribution in [0.15, 0.2) is 109 Å². The van der Waals surface area contributed by atoms with E-state index in [0.29, 0.717) is 0 Å². The van der Waals surface area contributed by atoms with E-state index in [-0.39, 0.29) is 0 Å². The molecule has 0 atom stereocenters. The second-order valence-corrected chi connectivity index (χ2v) is 9.95. The fourth-order valence-corrected chi connectivity index (χ4v) is 5.98. The van der Waals surface area contributed by atoms with Gasteiger partial charge in [0.05, 0.1) is 0 Å².